The third kappa shape index (κ3) is 7.71. The molecule has 0 bridgehead atoms. The first-order chi connectivity index (χ1) is 22.1. The highest BCUT2D eigenvalue weighted by atomic mass is 19.4. The number of halogens is 7. The van der Waals surface area contributed by atoms with Gasteiger partial charge in [-0.3, -0.25) is 14.1 Å². The zero-order valence-corrected chi connectivity index (χ0v) is 24.6. The van der Waals surface area contributed by atoms with Crippen molar-refractivity contribution in [3.63, 3.8) is 0 Å². The molecule has 3 heterocycles. The van der Waals surface area contributed by atoms with Crippen LogP contribution in [-0.2, 0) is 12.7 Å². The van der Waals surface area contributed by atoms with Crippen LogP contribution in [-0.4, -0.2) is 82.3 Å². The van der Waals surface area contributed by atoms with Crippen LogP contribution in [0.25, 0.3) is 16.6 Å². The van der Waals surface area contributed by atoms with Gasteiger partial charge in [0.25, 0.3) is 5.91 Å². The van der Waals surface area contributed by atoms with Crippen LogP contribution in [0.3, 0.4) is 0 Å². The van der Waals surface area contributed by atoms with Crippen LogP contribution in [0.15, 0.2) is 48.8 Å². The van der Waals surface area contributed by atoms with Gasteiger partial charge in [-0.2, -0.15) is 26.3 Å². The standard InChI is InChI=1S/C29H28F7N9O2/c1-43-8-10-44(11-9-43)13-21-23(26(46)38-14-28(31,32)33)22(24-25(37)42-39-15-45(21)24)16-2-5-18(6-3-16)40-27(47)41-20-12-17(29(34,35)36)4-7-19(20)30/h2-7,12,15H,8-11,13-14H2,1H3,(H2,37,42)(H,38,46)(H2,40,41,47). The zero-order chi connectivity index (χ0) is 34.1. The van der Waals surface area contributed by atoms with Crippen LogP contribution in [0, 0.1) is 5.82 Å². The van der Waals surface area contributed by atoms with E-state index in [1.807, 2.05) is 22.6 Å². The van der Waals surface area contributed by atoms with Gasteiger partial charge in [-0.05, 0) is 42.9 Å². The van der Waals surface area contributed by atoms with E-state index < -0.39 is 47.9 Å². The number of alkyl halides is 6. The first-order valence-electron chi connectivity index (χ1n) is 14.1. The van der Waals surface area contributed by atoms with Crippen molar-refractivity contribution in [2.24, 2.45) is 0 Å². The van der Waals surface area contributed by atoms with Gasteiger partial charge >= 0.3 is 18.4 Å². The Morgan fingerprint density at radius 2 is 1.64 bits per heavy atom. The number of fused-ring (bicyclic) bond motifs is 1. The third-order valence-electron chi connectivity index (χ3n) is 7.50. The van der Waals surface area contributed by atoms with E-state index in [0.717, 1.165) is 13.1 Å². The Morgan fingerprint density at radius 3 is 2.28 bits per heavy atom. The number of likely N-dealkylation sites (N-methyl/N-ethyl adjacent to an activating group) is 1. The monoisotopic (exact) mass is 667 g/mol. The van der Waals surface area contributed by atoms with E-state index >= 15 is 0 Å². The Kier molecular flexibility index (Phi) is 9.26. The fourth-order valence-corrected chi connectivity index (χ4v) is 5.17. The summed E-state index contributed by atoms with van der Waals surface area (Å²) in [6, 6.07) is 6.18. The molecule has 1 saturated heterocycles. The number of anilines is 3. The van der Waals surface area contributed by atoms with Crippen molar-refractivity contribution in [1.82, 2.24) is 29.7 Å². The molecule has 0 saturated carbocycles. The van der Waals surface area contributed by atoms with Crippen molar-refractivity contribution >= 4 is 34.6 Å². The number of nitrogens with one attached hydrogen (secondary N) is 3. The molecule has 1 aliphatic rings. The summed E-state index contributed by atoms with van der Waals surface area (Å²) in [4.78, 5) is 30.2. The number of urea groups is 1. The second-order valence-corrected chi connectivity index (χ2v) is 10.9. The lowest BCUT2D eigenvalue weighted by molar-refractivity contribution is -0.137. The minimum absolute atomic E-state index is 0.0758. The van der Waals surface area contributed by atoms with Gasteiger partial charge in [-0.15, -0.1) is 10.2 Å². The van der Waals surface area contributed by atoms with Gasteiger partial charge < -0.3 is 26.6 Å². The summed E-state index contributed by atoms with van der Waals surface area (Å²) in [7, 11) is 1.96. The molecule has 1 fully saturated rings. The molecule has 250 valence electrons. The molecule has 11 nitrogen and oxygen atoms in total. The number of aromatic nitrogens is 3. The van der Waals surface area contributed by atoms with E-state index in [-0.39, 0.29) is 34.7 Å². The van der Waals surface area contributed by atoms with Crippen molar-refractivity contribution in [3.8, 4) is 11.1 Å². The minimum atomic E-state index is -4.76. The largest absolute Gasteiger partial charge is 0.416 e. The number of piperazine rings is 1. The van der Waals surface area contributed by atoms with Crippen LogP contribution < -0.4 is 21.7 Å². The van der Waals surface area contributed by atoms with Gasteiger partial charge in [0.05, 0.1) is 28.0 Å². The zero-order valence-electron chi connectivity index (χ0n) is 24.6. The lowest BCUT2D eigenvalue weighted by Crippen LogP contribution is -2.44. The number of nitrogens with two attached hydrogens (primary N) is 1. The van der Waals surface area contributed by atoms with Gasteiger partial charge in [0.1, 0.15) is 18.7 Å². The maximum Gasteiger partial charge on any atom is 0.416 e. The summed E-state index contributed by atoms with van der Waals surface area (Å²) < 4.78 is 94.2. The fraction of sp³-hybridized carbons (Fsp3) is 0.310. The van der Waals surface area contributed by atoms with Crippen LogP contribution in [0.5, 0.6) is 0 Å². The second-order valence-electron chi connectivity index (χ2n) is 10.9. The van der Waals surface area contributed by atoms with E-state index in [1.165, 1.54) is 35.0 Å². The van der Waals surface area contributed by atoms with Gasteiger partial charge in [-0.1, -0.05) is 12.1 Å². The molecule has 4 aromatic rings. The maximum absolute atomic E-state index is 14.1. The summed E-state index contributed by atoms with van der Waals surface area (Å²) in [5.74, 6) is -2.19. The molecule has 0 atom stereocenters. The highest BCUT2D eigenvalue weighted by Gasteiger charge is 2.33. The Labute approximate surface area is 262 Å². The smallest absolute Gasteiger partial charge is 0.380 e. The lowest BCUT2D eigenvalue weighted by atomic mass is 9.99. The van der Waals surface area contributed by atoms with Crippen molar-refractivity contribution in [1.29, 1.82) is 0 Å². The quantitative estimate of drug-likeness (QED) is 0.208. The minimum Gasteiger partial charge on any atom is -0.380 e. The van der Waals surface area contributed by atoms with Crippen molar-refractivity contribution in [2.75, 3.05) is 56.1 Å². The molecule has 1 aliphatic heterocycles. The number of rotatable bonds is 7. The molecular weight excluding hydrogens is 639 g/mol. The average molecular weight is 668 g/mol. The van der Waals surface area contributed by atoms with Gasteiger partial charge in [0.2, 0.25) is 0 Å². The van der Waals surface area contributed by atoms with E-state index in [2.05, 4.69) is 20.4 Å². The summed E-state index contributed by atoms with van der Waals surface area (Å²) in [5.41, 5.74) is 5.43. The Hall–Kier alpha value is -4.97. The SMILES string of the molecule is CN1CCN(Cc2c(C(=O)NCC(F)(F)F)c(-c3ccc(NC(=O)Nc4cc(C(F)(F)F)ccc4F)cc3)c3c(N)nncn23)CC1. The maximum atomic E-state index is 14.1. The first kappa shape index (κ1) is 33.4. The van der Waals surface area contributed by atoms with E-state index in [9.17, 15) is 40.3 Å². The topological polar surface area (TPSA) is 133 Å². The average Bonchev–Trinajstić information content (AvgIpc) is 3.32. The number of amides is 3. The van der Waals surface area contributed by atoms with Crippen LogP contribution in [0.2, 0.25) is 0 Å². The number of carbonyl (C=O) groups excluding carboxylic acids is 2. The van der Waals surface area contributed by atoms with Crippen molar-refractivity contribution in [2.45, 2.75) is 18.9 Å². The predicted molar refractivity (Wildman–Crippen MR) is 158 cm³/mol. The van der Waals surface area contributed by atoms with E-state index in [0.29, 0.717) is 42.5 Å². The summed E-state index contributed by atoms with van der Waals surface area (Å²) in [5, 5.41) is 14.1. The first-order valence-corrected chi connectivity index (χ1v) is 14.1. The number of nitrogens with zero attached hydrogens (tertiary/aromatic N) is 5. The normalized spacial score (nSPS) is 14.7. The molecule has 0 aliphatic carbocycles. The molecule has 2 aromatic heterocycles. The Bertz CT molecular complexity index is 1780. The number of nitrogen functional groups attached to an aromatic ring is 1. The summed E-state index contributed by atoms with van der Waals surface area (Å²) in [6.45, 7) is 1.32. The van der Waals surface area contributed by atoms with Crippen molar-refractivity contribution in [3.05, 3.63) is 71.4 Å². The second kappa shape index (κ2) is 13.0. The van der Waals surface area contributed by atoms with Crippen molar-refractivity contribution < 1.29 is 40.3 Å². The molecule has 47 heavy (non-hydrogen) atoms. The van der Waals surface area contributed by atoms with Crippen LogP contribution >= 0.6 is 0 Å². The van der Waals surface area contributed by atoms with E-state index in [1.54, 1.807) is 0 Å². The van der Waals surface area contributed by atoms with Gasteiger partial charge in [-0.25, -0.2) is 9.18 Å². The summed E-state index contributed by atoms with van der Waals surface area (Å²) >= 11 is 0. The predicted octanol–water partition coefficient (Wildman–Crippen LogP) is 4.82. The van der Waals surface area contributed by atoms with Gasteiger partial charge in [0, 0.05) is 44.0 Å². The number of benzene rings is 2. The molecule has 3 amide bonds. The highest BCUT2D eigenvalue weighted by Crippen LogP contribution is 2.37. The number of carbonyl (C=O) groups is 2. The van der Waals surface area contributed by atoms with Gasteiger partial charge in [0.15, 0.2) is 5.82 Å². The number of hydrogen-bond donors (Lipinski definition) is 4. The molecular formula is C29H28F7N9O2. The fourth-order valence-electron chi connectivity index (χ4n) is 5.17. The van der Waals surface area contributed by atoms with Crippen LogP contribution in [0.4, 0.5) is 52.7 Å². The third-order valence-corrected chi connectivity index (χ3v) is 7.50. The molecule has 5 rings (SSSR count). The molecule has 0 spiro atoms. The Morgan fingerprint density at radius 1 is 0.957 bits per heavy atom. The Balaban J connectivity index is 1.49. The number of hydrogen-bond acceptors (Lipinski definition) is 7. The molecule has 2 aromatic carbocycles. The lowest BCUT2D eigenvalue weighted by Gasteiger charge is -2.32. The highest BCUT2D eigenvalue weighted by molar-refractivity contribution is 6.09. The molecule has 0 unspecified atom stereocenters. The molecule has 5 N–H and O–H groups in total. The van der Waals surface area contributed by atoms with Crippen LogP contribution in [0.1, 0.15) is 21.6 Å². The molecule has 18 heteroatoms. The molecule has 0 radical (unpaired) electrons. The van der Waals surface area contributed by atoms with E-state index in [4.69, 9.17) is 5.73 Å². The summed E-state index contributed by atoms with van der Waals surface area (Å²) in [6.07, 6.45) is -8.13.